The number of anilines is 1. The molecule has 33 heavy (non-hydrogen) atoms. The number of benzene rings is 3. The number of carbonyl (C=O) groups is 1. The number of hydrogen-bond donors (Lipinski definition) is 0. The minimum Gasteiger partial charge on any atom is -0.461 e. The number of fused-ring (bicyclic) bond motifs is 1. The number of halogens is 1. The average molecular weight is 481 g/mol. The molecule has 0 aromatic heterocycles. The number of nitrogens with zero attached hydrogens (tertiary/aromatic N) is 2. The van der Waals surface area contributed by atoms with Crippen molar-refractivity contribution in [3.63, 3.8) is 0 Å². The third kappa shape index (κ3) is 5.32. The van der Waals surface area contributed by atoms with Gasteiger partial charge in [0, 0.05) is 22.3 Å². The summed E-state index contributed by atoms with van der Waals surface area (Å²) in [6.07, 6.45) is 2.95. The number of hydrogen-bond acceptors (Lipinski definition) is 5. The molecule has 0 saturated carbocycles. The Balaban J connectivity index is 1.52. The van der Waals surface area contributed by atoms with Crippen molar-refractivity contribution < 1.29 is 17.9 Å². The lowest BCUT2D eigenvalue weighted by Crippen LogP contribution is -2.34. The maximum absolute atomic E-state index is 12.6. The first-order chi connectivity index (χ1) is 15.8. The Labute approximate surface area is 197 Å². The number of aryl methyl sites for hydroxylation is 1. The average Bonchev–Trinajstić information content (AvgIpc) is 3.07. The van der Waals surface area contributed by atoms with Gasteiger partial charge in [0.05, 0.1) is 6.54 Å². The van der Waals surface area contributed by atoms with Gasteiger partial charge in [-0.15, -0.1) is 4.40 Å². The van der Waals surface area contributed by atoms with E-state index < -0.39 is 16.0 Å². The normalized spacial score (nSPS) is 14.1. The first kappa shape index (κ1) is 22.8. The van der Waals surface area contributed by atoms with Crippen molar-refractivity contribution in [3.05, 3.63) is 101 Å². The van der Waals surface area contributed by atoms with Crippen molar-refractivity contribution in [2.45, 2.75) is 11.8 Å². The van der Waals surface area contributed by atoms with Crippen LogP contribution in [0.5, 0.6) is 0 Å². The van der Waals surface area contributed by atoms with Gasteiger partial charge in [0.1, 0.15) is 11.5 Å². The summed E-state index contributed by atoms with van der Waals surface area (Å²) in [5.41, 5.74) is 3.11. The molecule has 0 bridgehead atoms. The molecule has 3 aromatic rings. The molecule has 1 heterocycles. The maximum Gasteiger partial charge on any atom is 0.330 e. The molecule has 1 aliphatic heterocycles. The van der Waals surface area contributed by atoms with Crippen LogP contribution in [0.3, 0.4) is 0 Å². The molecular formula is C25H21ClN2O4S. The second-order valence-electron chi connectivity index (χ2n) is 7.43. The number of ether oxygens (including phenoxy) is 1. The van der Waals surface area contributed by atoms with Gasteiger partial charge in [0.2, 0.25) is 0 Å². The van der Waals surface area contributed by atoms with Gasteiger partial charge in [-0.3, -0.25) is 0 Å². The fourth-order valence-electron chi connectivity index (χ4n) is 3.43. The molecule has 0 amide bonds. The topological polar surface area (TPSA) is 76.0 Å². The van der Waals surface area contributed by atoms with Crippen LogP contribution in [0.4, 0.5) is 5.69 Å². The van der Waals surface area contributed by atoms with E-state index in [1.807, 2.05) is 37.3 Å². The Kier molecular flexibility index (Phi) is 6.62. The molecule has 0 radical (unpaired) electrons. The zero-order valence-electron chi connectivity index (χ0n) is 17.8. The van der Waals surface area contributed by atoms with E-state index in [0.29, 0.717) is 16.4 Å². The van der Waals surface area contributed by atoms with Crippen LogP contribution in [0.1, 0.15) is 16.7 Å². The quantitative estimate of drug-likeness (QED) is 0.372. The van der Waals surface area contributed by atoms with Gasteiger partial charge < -0.3 is 9.64 Å². The fourth-order valence-corrected chi connectivity index (χ4v) is 4.83. The molecular weight excluding hydrogens is 460 g/mol. The Morgan fingerprint density at radius 2 is 1.82 bits per heavy atom. The summed E-state index contributed by atoms with van der Waals surface area (Å²) in [5, 5.41) is 0.576. The van der Waals surface area contributed by atoms with Crippen molar-refractivity contribution in [2.24, 2.45) is 4.40 Å². The lowest BCUT2D eigenvalue weighted by Gasteiger charge is -2.24. The van der Waals surface area contributed by atoms with Gasteiger partial charge in [-0.2, -0.15) is 8.42 Å². The molecule has 0 aliphatic carbocycles. The molecule has 3 aromatic carbocycles. The monoisotopic (exact) mass is 480 g/mol. The molecule has 0 fully saturated rings. The molecule has 4 rings (SSSR count). The van der Waals surface area contributed by atoms with Gasteiger partial charge in [0.15, 0.2) is 5.84 Å². The number of esters is 1. The lowest BCUT2D eigenvalue weighted by molar-refractivity contribution is -0.137. The van der Waals surface area contributed by atoms with Crippen molar-refractivity contribution in [1.82, 2.24) is 0 Å². The van der Waals surface area contributed by atoms with E-state index in [0.717, 1.165) is 16.8 Å². The highest BCUT2D eigenvalue weighted by Gasteiger charge is 2.32. The number of carbonyl (C=O) groups excluding carboxylic acids is 1. The summed E-state index contributed by atoms with van der Waals surface area (Å²) in [4.78, 5) is 14.1. The van der Waals surface area contributed by atoms with Crippen LogP contribution in [-0.4, -0.2) is 33.4 Å². The van der Waals surface area contributed by atoms with E-state index in [2.05, 4.69) is 4.40 Å². The molecule has 0 saturated heterocycles. The molecule has 0 unspecified atom stereocenters. The molecule has 0 atom stereocenters. The fraction of sp³-hybridized carbons (Fsp3) is 0.120. The van der Waals surface area contributed by atoms with Crippen molar-refractivity contribution >= 4 is 45.2 Å². The summed E-state index contributed by atoms with van der Waals surface area (Å²) >= 11 is 5.96. The second kappa shape index (κ2) is 9.60. The van der Waals surface area contributed by atoms with Gasteiger partial charge >= 0.3 is 5.97 Å². The van der Waals surface area contributed by atoms with E-state index in [-0.39, 0.29) is 18.0 Å². The van der Waals surface area contributed by atoms with Crippen molar-refractivity contribution in [3.8, 4) is 0 Å². The number of sulfonamides is 1. The summed E-state index contributed by atoms with van der Waals surface area (Å²) in [6, 6.07) is 21.4. The van der Waals surface area contributed by atoms with Crippen LogP contribution in [0.15, 0.2) is 88.2 Å². The zero-order valence-corrected chi connectivity index (χ0v) is 19.4. The van der Waals surface area contributed by atoms with Crippen LogP contribution < -0.4 is 4.90 Å². The van der Waals surface area contributed by atoms with Gasteiger partial charge in [-0.1, -0.05) is 53.6 Å². The third-order valence-electron chi connectivity index (χ3n) is 5.03. The molecule has 168 valence electrons. The number of amidine groups is 1. The second-order valence-corrected chi connectivity index (χ2v) is 9.44. The highest BCUT2D eigenvalue weighted by atomic mass is 35.5. The lowest BCUT2D eigenvalue weighted by atomic mass is 10.1. The number of rotatable bonds is 6. The van der Waals surface area contributed by atoms with E-state index in [1.165, 1.54) is 12.1 Å². The van der Waals surface area contributed by atoms with Crippen molar-refractivity contribution in [2.75, 3.05) is 18.1 Å². The SMILES string of the molecule is Cc1ccc(N(CCOC(=O)C=Cc2cccc(Cl)c2)C2=NS(=O)(=O)c3ccccc32)cc1. The smallest absolute Gasteiger partial charge is 0.330 e. The Morgan fingerprint density at radius 1 is 1.06 bits per heavy atom. The van der Waals surface area contributed by atoms with Crippen LogP contribution in [-0.2, 0) is 19.6 Å². The minimum absolute atomic E-state index is 0.0355. The van der Waals surface area contributed by atoms with E-state index in [9.17, 15) is 13.2 Å². The third-order valence-corrected chi connectivity index (χ3v) is 6.59. The molecule has 6 nitrogen and oxygen atoms in total. The van der Waals surface area contributed by atoms with Crippen molar-refractivity contribution in [1.29, 1.82) is 0 Å². The molecule has 8 heteroatoms. The van der Waals surface area contributed by atoms with E-state index >= 15 is 0 Å². The summed E-state index contributed by atoms with van der Waals surface area (Å²) < 4.78 is 34.5. The van der Waals surface area contributed by atoms with E-state index in [4.69, 9.17) is 16.3 Å². The van der Waals surface area contributed by atoms with E-state index in [1.54, 1.807) is 47.4 Å². The summed E-state index contributed by atoms with van der Waals surface area (Å²) in [5.74, 6) is -0.208. The van der Waals surface area contributed by atoms with Crippen LogP contribution >= 0.6 is 11.6 Å². The first-order valence-corrected chi connectivity index (χ1v) is 12.0. The van der Waals surface area contributed by atoms with Crippen LogP contribution in [0.25, 0.3) is 6.08 Å². The summed E-state index contributed by atoms with van der Waals surface area (Å²) in [7, 11) is -3.78. The standard InChI is InChI=1S/C25H21ClN2O4S/c1-18-9-12-21(13-10-18)28(25-22-7-2-3-8-23(22)33(30,31)27-25)15-16-32-24(29)14-11-19-5-4-6-20(26)17-19/h2-14,17H,15-16H2,1H3. The predicted octanol–water partition coefficient (Wildman–Crippen LogP) is 4.86. The Morgan fingerprint density at radius 3 is 2.58 bits per heavy atom. The van der Waals surface area contributed by atoms with Gasteiger partial charge in [-0.25, -0.2) is 4.79 Å². The van der Waals surface area contributed by atoms with Crippen LogP contribution in [0.2, 0.25) is 5.02 Å². The highest BCUT2D eigenvalue weighted by Crippen LogP contribution is 2.30. The molecule has 1 aliphatic rings. The molecule has 0 N–H and O–H groups in total. The predicted molar refractivity (Wildman–Crippen MR) is 130 cm³/mol. The molecule has 0 spiro atoms. The van der Waals surface area contributed by atoms with Crippen LogP contribution in [0, 0.1) is 6.92 Å². The first-order valence-electron chi connectivity index (χ1n) is 10.2. The minimum atomic E-state index is -3.78. The van der Waals surface area contributed by atoms with Gasteiger partial charge in [-0.05, 0) is 55.0 Å². The maximum atomic E-state index is 12.6. The van der Waals surface area contributed by atoms with Gasteiger partial charge in [0.25, 0.3) is 10.0 Å². The Hall–Kier alpha value is -3.42. The zero-order chi connectivity index (χ0) is 23.4. The highest BCUT2D eigenvalue weighted by molar-refractivity contribution is 7.90. The Bertz CT molecular complexity index is 1350. The summed E-state index contributed by atoms with van der Waals surface area (Å²) in [6.45, 7) is 2.23. The largest absolute Gasteiger partial charge is 0.461 e.